The Kier molecular flexibility index (Phi) is 4.93. The predicted octanol–water partition coefficient (Wildman–Crippen LogP) is 4.64. The summed E-state index contributed by atoms with van der Waals surface area (Å²) in [6.07, 6.45) is 2.36. The molecular formula is C20H20FN3OS. The highest BCUT2D eigenvalue weighted by molar-refractivity contribution is 7.98. The Morgan fingerprint density at radius 2 is 1.92 bits per heavy atom. The number of methoxy groups -OCH3 is 1. The number of rotatable bonds is 7. The van der Waals surface area contributed by atoms with E-state index < -0.39 is 0 Å². The third kappa shape index (κ3) is 3.75. The molecule has 0 spiro atoms. The highest BCUT2D eigenvalue weighted by Gasteiger charge is 2.30. The van der Waals surface area contributed by atoms with Crippen molar-refractivity contribution in [3.63, 3.8) is 0 Å². The van der Waals surface area contributed by atoms with E-state index in [0.717, 1.165) is 23.1 Å². The fourth-order valence-electron chi connectivity index (χ4n) is 2.91. The van der Waals surface area contributed by atoms with Crippen LogP contribution in [0.4, 0.5) is 4.39 Å². The van der Waals surface area contributed by atoms with Crippen molar-refractivity contribution in [1.82, 2.24) is 14.8 Å². The van der Waals surface area contributed by atoms with Crippen molar-refractivity contribution in [2.45, 2.75) is 36.2 Å². The standard InChI is InChI=1S/C20H20FN3OS/c1-25-18-10-7-15(11-17(18)21)13-26-20-23-22-19(16-8-9-16)24(20)12-14-5-3-2-4-6-14/h2-7,10-11,16H,8-9,12-13H2,1H3. The van der Waals surface area contributed by atoms with Gasteiger partial charge in [0, 0.05) is 11.7 Å². The summed E-state index contributed by atoms with van der Waals surface area (Å²) in [5.74, 6) is 2.16. The van der Waals surface area contributed by atoms with Crippen LogP contribution in [0.3, 0.4) is 0 Å². The molecule has 0 unspecified atom stereocenters. The van der Waals surface area contributed by atoms with Gasteiger partial charge in [0.25, 0.3) is 0 Å². The van der Waals surface area contributed by atoms with Crippen LogP contribution >= 0.6 is 11.8 Å². The molecule has 0 aliphatic heterocycles. The Hall–Kier alpha value is -2.34. The Balaban J connectivity index is 1.53. The molecule has 3 aromatic rings. The quantitative estimate of drug-likeness (QED) is 0.569. The molecule has 4 nitrogen and oxygen atoms in total. The third-order valence-corrected chi connectivity index (χ3v) is 5.49. The first-order chi connectivity index (χ1) is 12.7. The van der Waals surface area contributed by atoms with Crippen molar-refractivity contribution in [3.8, 4) is 5.75 Å². The summed E-state index contributed by atoms with van der Waals surface area (Å²) >= 11 is 1.59. The van der Waals surface area contributed by atoms with Crippen LogP contribution in [0.25, 0.3) is 0 Å². The van der Waals surface area contributed by atoms with Gasteiger partial charge in [0.2, 0.25) is 0 Å². The Morgan fingerprint density at radius 3 is 2.62 bits per heavy atom. The SMILES string of the molecule is COc1ccc(CSc2nnc(C3CC3)n2Cc2ccccc2)cc1F. The van der Waals surface area contributed by atoms with E-state index in [1.54, 1.807) is 17.8 Å². The molecule has 0 saturated heterocycles. The minimum atomic E-state index is -0.338. The zero-order valence-electron chi connectivity index (χ0n) is 14.6. The first-order valence-electron chi connectivity index (χ1n) is 8.67. The first kappa shape index (κ1) is 17.1. The molecule has 4 rings (SSSR count). The average Bonchev–Trinajstić information content (AvgIpc) is 3.43. The molecular weight excluding hydrogens is 349 g/mol. The highest BCUT2D eigenvalue weighted by atomic mass is 32.2. The fraction of sp³-hybridized carbons (Fsp3) is 0.300. The van der Waals surface area contributed by atoms with Crippen LogP contribution < -0.4 is 4.74 Å². The number of nitrogens with zero attached hydrogens (tertiary/aromatic N) is 3. The predicted molar refractivity (Wildman–Crippen MR) is 100 cm³/mol. The fourth-order valence-corrected chi connectivity index (χ4v) is 3.80. The third-order valence-electron chi connectivity index (χ3n) is 4.46. The summed E-state index contributed by atoms with van der Waals surface area (Å²) in [6.45, 7) is 0.763. The van der Waals surface area contributed by atoms with Crippen LogP contribution in [-0.2, 0) is 12.3 Å². The summed E-state index contributed by atoms with van der Waals surface area (Å²) in [4.78, 5) is 0. The van der Waals surface area contributed by atoms with E-state index in [2.05, 4.69) is 26.9 Å². The maximum atomic E-state index is 13.9. The van der Waals surface area contributed by atoms with Gasteiger partial charge in [-0.1, -0.05) is 48.2 Å². The van der Waals surface area contributed by atoms with Crippen molar-refractivity contribution in [2.75, 3.05) is 7.11 Å². The molecule has 2 aromatic carbocycles. The summed E-state index contributed by atoms with van der Waals surface area (Å²) < 4.78 is 21.1. The second kappa shape index (κ2) is 7.50. The monoisotopic (exact) mass is 369 g/mol. The molecule has 0 bridgehead atoms. The number of aromatic nitrogens is 3. The van der Waals surface area contributed by atoms with Crippen LogP contribution in [0.15, 0.2) is 53.7 Å². The minimum absolute atomic E-state index is 0.266. The van der Waals surface area contributed by atoms with E-state index >= 15 is 0 Å². The van der Waals surface area contributed by atoms with E-state index in [0.29, 0.717) is 11.7 Å². The lowest BCUT2D eigenvalue weighted by atomic mass is 10.2. The number of benzene rings is 2. The van der Waals surface area contributed by atoms with Gasteiger partial charge in [-0.3, -0.25) is 0 Å². The Morgan fingerprint density at radius 1 is 1.12 bits per heavy atom. The molecule has 1 saturated carbocycles. The number of halogens is 1. The van der Waals surface area contributed by atoms with Gasteiger partial charge < -0.3 is 9.30 Å². The van der Waals surface area contributed by atoms with Gasteiger partial charge in [-0.15, -0.1) is 10.2 Å². The van der Waals surface area contributed by atoms with Crippen molar-refractivity contribution in [3.05, 3.63) is 71.3 Å². The van der Waals surface area contributed by atoms with Crippen molar-refractivity contribution < 1.29 is 9.13 Å². The second-order valence-corrected chi connectivity index (χ2v) is 7.39. The molecule has 1 aliphatic rings. The lowest BCUT2D eigenvalue weighted by molar-refractivity contribution is 0.386. The van der Waals surface area contributed by atoms with Gasteiger partial charge in [-0.2, -0.15) is 0 Å². The summed E-state index contributed by atoms with van der Waals surface area (Å²) in [5.41, 5.74) is 2.13. The number of ether oxygens (including phenoxy) is 1. The number of hydrogen-bond acceptors (Lipinski definition) is 4. The van der Waals surface area contributed by atoms with Gasteiger partial charge in [-0.25, -0.2) is 4.39 Å². The maximum Gasteiger partial charge on any atom is 0.191 e. The molecule has 26 heavy (non-hydrogen) atoms. The first-order valence-corrected chi connectivity index (χ1v) is 9.65. The molecule has 0 amide bonds. The van der Waals surface area contributed by atoms with Crippen LogP contribution in [-0.4, -0.2) is 21.9 Å². The molecule has 1 aliphatic carbocycles. The van der Waals surface area contributed by atoms with E-state index in [4.69, 9.17) is 4.74 Å². The normalized spacial score (nSPS) is 13.8. The molecule has 0 N–H and O–H groups in total. The van der Waals surface area contributed by atoms with Crippen molar-refractivity contribution in [2.24, 2.45) is 0 Å². The summed E-state index contributed by atoms with van der Waals surface area (Å²) in [6, 6.07) is 15.4. The number of hydrogen-bond donors (Lipinski definition) is 0. The van der Waals surface area contributed by atoms with Crippen LogP contribution in [0.2, 0.25) is 0 Å². The Bertz CT molecular complexity index is 893. The van der Waals surface area contributed by atoms with Crippen molar-refractivity contribution >= 4 is 11.8 Å². The molecule has 1 aromatic heterocycles. The van der Waals surface area contributed by atoms with E-state index in [-0.39, 0.29) is 11.6 Å². The zero-order chi connectivity index (χ0) is 17.9. The molecule has 1 fully saturated rings. The lowest BCUT2D eigenvalue weighted by Gasteiger charge is -2.10. The number of thioether (sulfide) groups is 1. The molecule has 1 heterocycles. The van der Waals surface area contributed by atoms with Gasteiger partial charge in [0.1, 0.15) is 5.82 Å². The van der Waals surface area contributed by atoms with Gasteiger partial charge in [0.15, 0.2) is 16.7 Å². The summed E-state index contributed by atoms with van der Waals surface area (Å²) in [5, 5.41) is 9.71. The van der Waals surface area contributed by atoms with E-state index in [9.17, 15) is 4.39 Å². The van der Waals surface area contributed by atoms with Gasteiger partial charge in [0.05, 0.1) is 13.7 Å². The zero-order valence-corrected chi connectivity index (χ0v) is 15.4. The topological polar surface area (TPSA) is 39.9 Å². The minimum Gasteiger partial charge on any atom is -0.494 e. The average molecular weight is 369 g/mol. The molecule has 0 atom stereocenters. The lowest BCUT2D eigenvalue weighted by Crippen LogP contribution is -2.06. The Labute approximate surface area is 156 Å². The second-order valence-electron chi connectivity index (χ2n) is 6.44. The van der Waals surface area contributed by atoms with Gasteiger partial charge in [-0.05, 0) is 36.1 Å². The molecule has 0 radical (unpaired) electrons. The molecule has 134 valence electrons. The van der Waals surface area contributed by atoms with Crippen LogP contribution in [0, 0.1) is 5.82 Å². The van der Waals surface area contributed by atoms with Crippen LogP contribution in [0.1, 0.15) is 35.7 Å². The van der Waals surface area contributed by atoms with Crippen molar-refractivity contribution in [1.29, 1.82) is 0 Å². The van der Waals surface area contributed by atoms with Crippen LogP contribution in [0.5, 0.6) is 5.75 Å². The molecule has 6 heteroatoms. The highest BCUT2D eigenvalue weighted by Crippen LogP contribution is 2.40. The maximum absolute atomic E-state index is 13.9. The summed E-state index contributed by atoms with van der Waals surface area (Å²) in [7, 11) is 1.47. The van der Waals surface area contributed by atoms with E-state index in [1.807, 2.05) is 24.3 Å². The van der Waals surface area contributed by atoms with E-state index in [1.165, 1.54) is 31.6 Å². The van der Waals surface area contributed by atoms with Gasteiger partial charge >= 0.3 is 0 Å². The largest absolute Gasteiger partial charge is 0.494 e. The smallest absolute Gasteiger partial charge is 0.191 e.